The number of hydrogen-bond acceptors (Lipinski definition) is 3. The van der Waals surface area contributed by atoms with Crippen molar-refractivity contribution in [1.29, 1.82) is 0 Å². The van der Waals surface area contributed by atoms with Gasteiger partial charge >= 0.3 is 0 Å². The first-order chi connectivity index (χ1) is 12.6. The molecular formula is C22H27N3O. The minimum absolute atomic E-state index is 0.701. The van der Waals surface area contributed by atoms with E-state index in [0.29, 0.717) is 0 Å². The van der Waals surface area contributed by atoms with E-state index in [1.165, 1.54) is 11.1 Å². The Morgan fingerprint density at radius 2 is 1.85 bits per heavy atom. The number of aliphatic hydroxyl groups is 1. The van der Waals surface area contributed by atoms with Crippen LogP contribution < -0.4 is 0 Å². The van der Waals surface area contributed by atoms with Gasteiger partial charge in [-0.3, -0.25) is 4.90 Å². The Morgan fingerprint density at radius 1 is 1.08 bits per heavy atom. The van der Waals surface area contributed by atoms with Crippen LogP contribution in [0.15, 0.2) is 48.5 Å². The highest BCUT2D eigenvalue weighted by molar-refractivity contribution is 5.75. The van der Waals surface area contributed by atoms with E-state index in [2.05, 4.69) is 59.7 Å². The number of hydrogen-bond donors (Lipinski definition) is 1. The Hall–Kier alpha value is -2.17. The zero-order valence-corrected chi connectivity index (χ0v) is 15.7. The van der Waals surface area contributed by atoms with Gasteiger partial charge in [0, 0.05) is 19.6 Å². The molecule has 26 heavy (non-hydrogen) atoms. The molecule has 0 bridgehead atoms. The normalized spacial score (nSPS) is 17.7. The summed E-state index contributed by atoms with van der Waals surface area (Å²) in [6.45, 7) is 7.79. The van der Waals surface area contributed by atoms with Crippen molar-refractivity contribution in [1.82, 2.24) is 14.5 Å². The molecule has 0 atom stereocenters. The summed E-state index contributed by atoms with van der Waals surface area (Å²) >= 11 is 0. The highest BCUT2D eigenvalue weighted by Gasteiger charge is 2.34. The summed E-state index contributed by atoms with van der Waals surface area (Å²) < 4.78 is 2.30. The van der Waals surface area contributed by atoms with Gasteiger partial charge in [0.15, 0.2) is 0 Å². The molecule has 0 spiro atoms. The van der Waals surface area contributed by atoms with Crippen molar-refractivity contribution < 1.29 is 5.11 Å². The molecule has 0 amide bonds. The van der Waals surface area contributed by atoms with E-state index in [4.69, 9.17) is 4.98 Å². The van der Waals surface area contributed by atoms with E-state index in [-0.39, 0.29) is 0 Å². The van der Waals surface area contributed by atoms with Crippen molar-refractivity contribution >= 4 is 11.0 Å². The van der Waals surface area contributed by atoms with Crippen LogP contribution in [0, 0.1) is 6.92 Å². The van der Waals surface area contributed by atoms with E-state index >= 15 is 0 Å². The first-order valence-electron chi connectivity index (χ1n) is 9.55. The maximum atomic E-state index is 11.1. The van der Waals surface area contributed by atoms with E-state index in [1.54, 1.807) is 0 Å². The predicted molar refractivity (Wildman–Crippen MR) is 105 cm³/mol. The number of rotatable bonds is 4. The second-order valence-corrected chi connectivity index (χ2v) is 7.44. The average molecular weight is 349 g/mol. The fourth-order valence-electron chi connectivity index (χ4n) is 4.10. The molecular weight excluding hydrogens is 322 g/mol. The van der Waals surface area contributed by atoms with Crippen LogP contribution in [0.4, 0.5) is 0 Å². The summed E-state index contributed by atoms with van der Waals surface area (Å²) in [5, 5.41) is 11.1. The molecule has 4 nitrogen and oxygen atoms in total. The number of piperidine rings is 1. The zero-order valence-electron chi connectivity index (χ0n) is 15.7. The van der Waals surface area contributed by atoms with Gasteiger partial charge < -0.3 is 9.67 Å². The lowest BCUT2D eigenvalue weighted by atomic mass is 9.84. The van der Waals surface area contributed by atoms with E-state index in [0.717, 1.165) is 55.9 Å². The van der Waals surface area contributed by atoms with Gasteiger partial charge in [-0.25, -0.2) is 4.98 Å². The molecule has 2 heterocycles. The number of likely N-dealkylation sites (tertiary alicyclic amines) is 1. The van der Waals surface area contributed by atoms with Crippen molar-refractivity contribution in [3.05, 3.63) is 65.5 Å². The topological polar surface area (TPSA) is 41.3 Å². The number of nitrogens with zero attached hydrogens (tertiary/aromatic N) is 3. The van der Waals surface area contributed by atoms with Crippen LogP contribution in [-0.2, 0) is 18.7 Å². The van der Waals surface area contributed by atoms with Crippen LogP contribution in [0.25, 0.3) is 11.0 Å². The van der Waals surface area contributed by atoms with Gasteiger partial charge in [0.1, 0.15) is 5.82 Å². The van der Waals surface area contributed by atoms with Crippen molar-refractivity contribution in [2.24, 2.45) is 0 Å². The van der Waals surface area contributed by atoms with Gasteiger partial charge in [0.2, 0.25) is 0 Å². The summed E-state index contributed by atoms with van der Waals surface area (Å²) in [6.07, 6.45) is 1.53. The van der Waals surface area contributed by atoms with Gasteiger partial charge in [0.25, 0.3) is 0 Å². The Labute approximate surface area is 155 Å². The largest absolute Gasteiger partial charge is 0.385 e. The summed E-state index contributed by atoms with van der Waals surface area (Å²) in [7, 11) is 0. The van der Waals surface area contributed by atoms with Crippen molar-refractivity contribution in [2.75, 3.05) is 13.1 Å². The van der Waals surface area contributed by atoms with Crippen molar-refractivity contribution in [3.8, 4) is 0 Å². The number of aromatic nitrogens is 2. The SMILES string of the molecule is CCn1c(CN2CCC(O)(c3cccc(C)c3)CC2)nc2ccccc21. The molecule has 0 saturated carbocycles. The number of imidazole rings is 1. The Balaban J connectivity index is 1.49. The van der Waals surface area contributed by atoms with Crippen LogP contribution in [0.5, 0.6) is 0 Å². The molecule has 1 aliphatic rings. The van der Waals surface area contributed by atoms with Gasteiger partial charge in [-0.15, -0.1) is 0 Å². The minimum Gasteiger partial charge on any atom is -0.385 e. The van der Waals surface area contributed by atoms with Crippen LogP contribution in [0.3, 0.4) is 0 Å². The van der Waals surface area contributed by atoms with Crippen LogP contribution >= 0.6 is 0 Å². The Bertz CT molecular complexity index is 907. The monoisotopic (exact) mass is 349 g/mol. The molecule has 0 unspecified atom stereocenters. The molecule has 0 aliphatic carbocycles. The molecule has 4 heteroatoms. The number of benzene rings is 2. The number of para-hydroxylation sites is 2. The summed E-state index contributed by atoms with van der Waals surface area (Å²) in [5.41, 5.74) is 3.83. The first-order valence-corrected chi connectivity index (χ1v) is 9.55. The second kappa shape index (κ2) is 6.86. The molecule has 1 fully saturated rings. The van der Waals surface area contributed by atoms with Crippen LogP contribution in [0.1, 0.15) is 36.7 Å². The van der Waals surface area contributed by atoms with Gasteiger partial charge in [-0.1, -0.05) is 42.0 Å². The molecule has 1 aromatic heterocycles. The van der Waals surface area contributed by atoms with E-state index in [9.17, 15) is 5.11 Å². The second-order valence-electron chi connectivity index (χ2n) is 7.44. The maximum Gasteiger partial charge on any atom is 0.124 e. The molecule has 136 valence electrons. The van der Waals surface area contributed by atoms with Crippen LogP contribution in [-0.4, -0.2) is 32.6 Å². The molecule has 0 radical (unpaired) electrons. The molecule has 1 N–H and O–H groups in total. The molecule has 1 saturated heterocycles. The highest BCUT2D eigenvalue weighted by Crippen LogP contribution is 2.33. The predicted octanol–water partition coefficient (Wildman–Crippen LogP) is 3.85. The standard InChI is InChI=1S/C22H27N3O/c1-3-25-20-10-5-4-9-19(20)23-21(25)16-24-13-11-22(26,12-14-24)18-8-6-7-17(2)15-18/h4-10,15,26H,3,11-14,16H2,1-2H3. The minimum atomic E-state index is -0.701. The number of aryl methyl sites for hydroxylation is 2. The Morgan fingerprint density at radius 3 is 2.58 bits per heavy atom. The zero-order chi connectivity index (χ0) is 18.1. The van der Waals surface area contributed by atoms with E-state index < -0.39 is 5.60 Å². The number of fused-ring (bicyclic) bond motifs is 1. The summed E-state index contributed by atoms with van der Waals surface area (Å²) in [5.74, 6) is 1.12. The average Bonchev–Trinajstić information content (AvgIpc) is 3.01. The van der Waals surface area contributed by atoms with Gasteiger partial charge in [-0.2, -0.15) is 0 Å². The van der Waals surface area contributed by atoms with Gasteiger partial charge in [-0.05, 0) is 44.4 Å². The van der Waals surface area contributed by atoms with Crippen molar-refractivity contribution in [2.45, 2.75) is 45.4 Å². The fourth-order valence-corrected chi connectivity index (χ4v) is 4.10. The van der Waals surface area contributed by atoms with Crippen molar-refractivity contribution in [3.63, 3.8) is 0 Å². The third kappa shape index (κ3) is 3.15. The van der Waals surface area contributed by atoms with Crippen LogP contribution in [0.2, 0.25) is 0 Å². The smallest absolute Gasteiger partial charge is 0.124 e. The lowest BCUT2D eigenvalue weighted by Crippen LogP contribution is -2.42. The lowest BCUT2D eigenvalue weighted by Gasteiger charge is -2.38. The first kappa shape index (κ1) is 17.3. The maximum absolute atomic E-state index is 11.1. The molecule has 1 aliphatic heterocycles. The fraction of sp³-hybridized carbons (Fsp3) is 0.409. The molecule has 2 aromatic carbocycles. The summed E-state index contributed by atoms with van der Waals surface area (Å²) in [4.78, 5) is 7.26. The van der Waals surface area contributed by atoms with E-state index in [1.807, 2.05) is 12.1 Å². The third-order valence-corrected chi connectivity index (χ3v) is 5.65. The molecule has 3 aromatic rings. The lowest BCUT2D eigenvalue weighted by molar-refractivity contribution is -0.0284. The molecule has 4 rings (SSSR count). The highest BCUT2D eigenvalue weighted by atomic mass is 16.3. The third-order valence-electron chi connectivity index (χ3n) is 5.65. The summed E-state index contributed by atoms with van der Waals surface area (Å²) in [6, 6.07) is 16.6. The Kier molecular flexibility index (Phi) is 4.55. The van der Waals surface area contributed by atoms with Gasteiger partial charge in [0.05, 0.1) is 23.2 Å². The quantitative estimate of drug-likeness (QED) is 0.778.